The molecule has 0 amide bonds. The van der Waals surface area contributed by atoms with Crippen LogP contribution in [0.2, 0.25) is 0 Å². The van der Waals surface area contributed by atoms with Crippen LogP contribution in [0.1, 0.15) is 11.1 Å². The molecule has 0 bridgehead atoms. The van der Waals surface area contributed by atoms with Crippen molar-refractivity contribution in [2.75, 3.05) is 0 Å². The van der Waals surface area contributed by atoms with Crippen LogP contribution in [0.25, 0.3) is 0 Å². The van der Waals surface area contributed by atoms with Crippen LogP contribution in [-0.4, -0.2) is 0 Å². The lowest BCUT2D eigenvalue weighted by molar-refractivity contribution is 1.04. The van der Waals surface area contributed by atoms with Gasteiger partial charge in [-0.3, -0.25) is 0 Å². The molecule has 0 saturated carbocycles. The van der Waals surface area contributed by atoms with E-state index in [0.29, 0.717) is 0 Å². The third-order valence-electron chi connectivity index (χ3n) is 2.70. The Kier molecular flexibility index (Phi) is 4.40. The minimum Gasteiger partial charge on any atom is -0.0930 e. The Labute approximate surface area is 108 Å². The summed E-state index contributed by atoms with van der Waals surface area (Å²) in [6.45, 7) is 0. The van der Waals surface area contributed by atoms with E-state index in [1.54, 1.807) is 5.54 Å². The number of halogens is 1. The smallest absolute Gasteiger partial charge is 0.00411 e. The zero-order valence-electron chi connectivity index (χ0n) is 9.64. The average Bonchev–Trinajstić information content (AvgIpc) is 2.40. The van der Waals surface area contributed by atoms with Gasteiger partial charge in [-0.05, 0) is 24.0 Å². The first kappa shape index (κ1) is 11.9. The van der Waals surface area contributed by atoms with Crippen molar-refractivity contribution in [3.8, 4) is 0 Å². The van der Waals surface area contributed by atoms with Crippen molar-refractivity contribution in [2.24, 2.45) is 0 Å². The minimum atomic E-state index is 0.916. The van der Waals surface area contributed by atoms with E-state index in [-0.39, 0.29) is 0 Å². The van der Waals surface area contributed by atoms with E-state index >= 15 is 0 Å². The monoisotopic (exact) mass is 242 g/mol. The summed E-state index contributed by atoms with van der Waals surface area (Å²) >= 11 is 5.91. The first-order valence-corrected chi connectivity index (χ1v) is 6.18. The molecule has 0 heterocycles. The summed E-state index contributed by atoms with van der Waals surface area (Å²) in [6.07, 6.45) is 1.83. The lowest BCUT2D eigenvalue weighted by atomic mass is 10.00. The van der Waals surface area contributed by atoms with Crippen molar-refractivity contribution < 1.29 is 0 Å². The first-order valence-electron chi connectivity index (χ1n) is 5.74. The standard InChI is InChI=1S/C16H15Cl/c17-13-16(11-14-7-3-1-4-8-14)12-15-9-5-2-6-10-15/h1-10,13H,11-12H2. The minimum absolute atomic E-state index is 0.916. The van der Waals surface area contributed by atoms with Gasteiger partial charge in [0, 0.05) is 5.54 Å². The molecule has 0 atom stereocenters. The fraction of sp³-hybridized carbons (Fsp3) is 0.125. The molecule has 0 aliphatic carbocycles. The molecule has 2 rings (SSSR count). The molecule has 0 radical (unpaired) electrons. The summed E-state index contributed by atoms with van der Waals surface area (Å²) in [4.78, 5) is 0. The normalized spacial score (nSPS) is 9.94. The van der Waals surface area contributed by atoms with Crippen LogP contribution >= 0.6 is 11.6 Å². The third-order valence-corrected chi connectivity index (χ3v) is 3.01. The van der Waals surface area contributed by atoms with Crippen LogP contribution in [-0.2, 0) is 12.8 Å². The van der Waals surface area contributed by atoms with Gasteiger partial charge in [0.05, 0.1) is 0 Å². The topological polar surface area (TPSA) is 0 Å². The maximum absolute atomic E-state index is 5.91. The van der Waals surface area contributed by atoms with Crippen molar-refractivity contribution in [1.29, 1.82) is 0 Å². The third kappa shape index (κ3) is 3.76. The molecule has 2 aromatic carbocycles. The molecule has 0 nitrogen and oxygen atoms in total. The number of hydrogen-bond acceptors (Lipinski definition) is 0. The quantitative estimate of drug-likeness (QED) is 0.735. The van der Waals surface area contributed by atoms with E-state index in [0.717, 1.165) is 12.8 Å². The highest BCUT2D eigenvalue weighted by Crippen LogP contribution is 2.14. The van der Waals surface area contributed by atoms with E-state index in [1.807, 2.05) is 12.1 Å². The molecule has 2 aromatic rings. The van der Waals surface area contributed by atoms with Gasteiger partial charge in [0.15, 0.2) is 0 Å². The van der Waals surface area contributed by atoms with E-state index < -0.39 is 0 Å². The Morgan fingerprint density at radius 1 is 0.765 bits per heavy atom. The second kappa shape index (κ2) is 6.27. The SMILES string of the molecule is ClC=C(Cc1ccccc1)Cc1ccccc1. The number of allylic oxidation sites excluding steroid dienone is 1. The van der Waals surface area contributed by atoms with E-state index in [9.17, 15) is 0 Å². The number of hydrogen-bond donors (Lipinski definition) is 0. The molecule has 0 fully saturated rings. The highest BCUT2D eigenvalue weighted by molar-refractivity contribution is 6.25. The van der Waals surface area contributed by atoms with Gasteiger partial charge in [-0.15, -0.1) is 0 Å². The Morgan fingerprint density at radius 3 is 1.53 bits per heavy atom. The fourth-order valence-electron chi connectivity index (χ4n) is 1.86. The Morgan fingerprint density at radius 2 is 1.18 bits per heavy atom. The van der Waals surface area contributed by atoms with Gasteiger partial charge in [0.25, 0.3) is 0 Å². The molecular weight excluding hydrogens is 228 g/mol. The summed E-state index contributed by atoms with van der Waals surface area (Å²) in [5.41, 5.74) is 5.55. The van der Waals surface area contributed by atoms with Crippen LogP contribution < -0.4 is 0 Å². The second-order valence-electron chi connectivity index (χ2n) is 4.09. The second-order valence-corrected chi connectivity index (χ2v) is 4.31. The highest BCUT2D eigenvalue weighted by Gasteiger charge is 2.01. The lowest BCUT2D eigenvalue weighted by Crippen LogP contribution is -1.94. The molecule has 17 heavy (non-hydrogen) atoms. The van der Waals surface area contributed by atoms with Crippen molar-refractivity contribution >= 4 is 11.6 Å². The molecule has 0 aliphatic heterocycles. The fourth-order valence-corrected chi connectivity index (χ4v) is 2.01. The molecule has 0 unspecified atom stereocenters. The summed E-state index contributed by atoms with van der Waals surface area (Å²) in [5.74, 6) is 0. The summed E-state index contributed by atoms with van der Waals surface area (Å²) < 4.78 is 0. The van der Waals surface area contributed by atoms with Crippen LogP contribution in [0.3, 0.4) is 0 Å². The van der Waals surface area contributed by atoms with Gasteiger partial charge in [-0.2, -0.15) is 0 Å². The predicted octanol–water partition coefficient (Wildman–Crippen LogP) is 4.59. The predicted molar refractivity (Wildman–Crippen MR) is 74.2 cm³/mol. The van der Waals surface area contributed by atoms with Gasteiger partial charge in [0.1, 0.15) is 0 Å². The Hall–Kier alpha value is -1.53. The molecule has 1 heteroatoms. The zero-order valence-corrected chi connectivity index (χ0v) is 10.4. The number of rotatable bonds is 4. The summed E-state index contributed by atoms with van der Waals surface area (Å²) in [6, 6.07) is 20.8. The Balaban J connectivity index is 2.04. The van der Waals surface area contributed by atoms with Crippen LogP contribution in [0.4, 0.5) is 0 Å². The molecule has 0 aliphatic rings. The van der Waals surface area contributed by atoms with Crippen LogP contribution in [0.5, 0.6) is 0 Å². The molecule has 0 spiro atoms. The van der Waals surface area contributed by atoms with Gasteiger partial charge >= 0.3 is 0 Å². The highest BCUT2D eigenvalue weighted by atomic mass is 35.5. The lowest BCUT2D eigenvalue weighted by Gasteiger charge is -2.06. The molecule has 86 valence electrons. The van der Waals surface area contributed by atoms with Gasteiger partial charge in [0.2, 0.25) is 0 Å². The van der Waals surface area contributed by atoms with Gasteiger partial charge in [-0.1, -0.05) is 77.8 Å². The zero-order chi connectivity index (χ0) is 11.9. The molecule has 0 saturated heterocycles. The average molecular weight is 243 g/mol. The summed E-state index contributed by atoms with van der Waals surface area (Å²) in [5, 5.41) is 0. The van der Waals surface area contributed by atoms with Crippen molar-refractivity contribution in [3.05, 3.63) is 82.9 Å². The Bertz CT molecular complexity index is 428. The van der Waals surface area contributed by atoms with Crippen molar-refractivity contribution in [2.45, 2.75) is 12.8 Å². The largest absolute Gasteiger partial charge is 0.0930 e. The van der Waals surface area contributed by atoms with E-state index in [4.69, 9.17) is 11.6 Å². The maximum atomic E-state index is 5.91. The first-order chi connectivity index (χ1) is 8.38. The van der Waals surface area contributed by atoms with Crippen LogP contribution in [0, 0.1) is 0 Å². The van der Waals surface area contributed by atoms with Gasteiger partial charge < -0.3 is 0 Å². The molecule has 0 N–H and O–H groups in total. The van der Waals surface area contributed by atoms with Crippen molar-refractivity contribution in [3.63, 3.8) is 0 Å². The van der Waals surface area contributed by atoms with Crippen molar-refractivity contribution in [1.82, 2.24) is 0 Å². The molecule has 0 aromatic heterocycles. The van der Waals surface area contributed by atoms with E-state index in [1.165, 1.54) is 16.7 Å². The molecular formula is C16H15Cl. The van der Waals surface area contributed by atoms with Crippen LogP contribution in [0.15, 0.2) is 71.8 Å². The summed E-state index contributed by atoms with van der Waals surface area (Å²) in [7, 11) is 0. The van der Waals surface area contributed by atoms with E-state index in [2.05, 4.69) is 48.5 Å². The number of benzene rings is 2. The van der Waals surface area contributed by atoms with Gasteiger partial charge in [-0.25, -0.2) is 0 Å². The maximum Gasteiger partial charge on any atom is 0.00411 e.